The van der Waals surface area contributed by atoms with Gasteiger partial charge in [-0.3, -0.25) is 14.9 Å². The Labute approximate surface area is 113 Å². The first-order valence-corrected chi connectivity index (χ1v) is 6.29. The van der Waals surface area contributed by atoms with Crippen LogP contribution < -0.4 is 10.6 Å². The fourth-order valence-corrected chi connectivity index (χ4v) is 1.61. The molecule has 1 aromatic rings. The molecule has 0 saturated carbocycles. The van der Waals surface area contributed by atoms with Gasteiger partial charge < -0.3 is 10.1 Å². The van der Waals surface area contributed by atoms with Gasteiger partial charge in [-0.25, -0.2) is 0 Å². The molecule has 5 nitrogen and oxygen atoms in total. The third-order valence-corrected chi connectivity index (χ3v) is 2.74. The average molecular weight is 264 g/mol. The molecule has 0 radical (unpaired) electrons. The molecule has 0 saturated heterocycles. The van der Waals surface area contributed by atoms with E-state index >= 15 is 0 Å². The van der Waals surface area contributed by atoms with Crippen LogP contribution in [0.5, 0.6) is 0 Å². The summed E-state index contributed by atoms with van der Waals surface area (Å²) in [6.45, 7) is 2.44. The summed E-state index contributed by atoms with van der Waals surface area (Å²) in [5.74, 6) is -0.496. The van der Waals surface area contributed by atoms with Crippen molar-refractivity contribution in [3.8, 4) is 0 Å². The topological polar surface area (TPSA) is 67.4 Å². The zero-order valence-electron chi connectivity index (χ0n) is 11.3. The van der Waals surface area contributed by atoms with Crippen LogP contribution in [0.25, 0.3) is 0 Å². The van der Waals surface area contributed by atoms with Crippen LogP contribution in [0.2, 0.25) is 0 Å². The van der Waals surface area contributed by atoms with Gasteiger partial charge in [-0.2, -0.15) is 0 Å². The molecule has 5 heteroatoms. The zero-order chi connectivity index (χ0) is 14.1. The summed E-state index contributed by atoms with van der Waals surface area (Å²) in [6, 6.07) is 9.21. The van der Waals surface area contributed by atoms with Gasteiger partial charge in [0.1, 0.15) is 6.04 Å². The molecule has 19 heavy (non-hydrogen) atoms. The number of rotatable bonds is 7. The highest BCUT2D eigenvalue weighted by Crippen LogP contribution is 1.97. The maximum atomic E-state index is 11.6. The summed E-state index contributed by atoms with van der Waals surface area (Å²) in [7, 11) is 1.34. The minimum atomic E-state index is -0.438. The van der Waals surface area contributed by atoms with Gasteiger partial charge in [0.2, 0.25) is 5.91 Å². The summed E-state index contributed by atoms with van der Waals surface area (Å²) >= 11 is 0. The van der Waals surface area contributed by atoms with Gasteiger partial charge in [0, 0.05) is 6.54 Å². The van der Waals surface area contributed by atoms with Crippen LogP contribution >= 0.6 is 0 Å². The highest BCUT2D eigenvalue weighted by atomic mass is 16.5. The van der Waals surface area contributed by atoms with Crippen molar-refractivity contribution in [1.82, 2.24) is 10.6 Å². The number of nitrogens with one attached hydrogen (secondary N) is 2. The minimum Gasteiger partial charge on any atom is -0.468 e. The number of methoxy groups -OCH3 is 1. The van der Waals surface area contributed by atoms with Gasteiger partial charge in [-0.1, -0.05) is 37.3 Å². The van der Waals surface area contributed by atoms with Crippen LogP contribution in [0.1, 0.15) is 18.9 Å². The molecule has 0 aliphatic carbocycles. The number of amides is 1. The summed E-state index contributed by atoms with van der Waals surface area (Å²) in [4.78, 5) is 22.9. The largest absolute Gasteiger partial charge is 0.468 e. The third-order valence-electron chi connectivity index (χ3n) is 2.74. The van der Waals surface area contributed by atoms with Crippen LogP contribution in [-0.2, 0) is 20.9 Å². The molecule has 1 atom stereocenters. The maximum Gasteiger partial charge on any atom is 0.322 e. The van der Waals surface area contributed by atoms with E-state index in [1.807, 2.05) is 37.3 Å². The second-order valence-electron chi connectivity index (χ2n) is 4.13. The van der Waals surface area contributed by atoms with Crippen molar-refractivity contribution < 1.29 is 14.3 Å². The number of ether oxygens (including phenoxy) is 1. The molecule has 0 fully saturated rings. The molecule has 104 valence electrons. The first-order chi connectivity index (χ1) is 9.17. The molecule has 1 aromatic carbocycles. The lowest BCUT2D eigenvalue weighted by Crippen LogP contribution is -2.43. The van der Waals surface area contributed by atoms with Crippen LogP contribution in [0.3, 0.4) is 0 Å². The summed E-state index contributed by atoms with van der Waals surface area (Å²) in [6.07, 6.45) is 0.582. The van der Waals surface area contributed by atoms with Crippen molar-refractivity contribution in [3.05, 3.63) is 35.9 Å². The highest BCUT2D eigenvalue weighted by molar-refractivity contribution is 5.80. The molecule has 0 bridgehead atoms. The zero-order valence-corrected chi connectivity index (χ0v) is 11.3. The second-order valence-corrected chi connectivity index (χ2v) is 4.13. The van der Waals surface area contributed by atoms with E-state index in [9.17, 15) is 9.59 Å². The van der Waals surface area contributed by atoms with E-state index in [0.29, 0.717) is 13.0 Å². The number of carbonyl (C=O) groups is 2. The smallest absolute Gasteiger partial charge is 0.322 e. The number of esters is 1. The van der Waals surface area contributed by atoms with Crippen LogP contribution in [0, 0.1) is 0 Å². The lowest BCUT2D eigenvalue weighted by Gasteiger charge is -2.14. The minimum absolute atomic E-state index is 0.0977. The van der Waals surface area contributed by atoms with E-state index in [2.05, 4.69) is 15.4 Å². The van der Waals surface area contributed by atoms with Crippen molar-refractivity contribution in [1.29, 1.82) is 0 Å². The van der Waals surface area contributed by atoms with Crippen LogP contribution in [-0.4, -0.2) is 31.6 Å². The van der Waals surface area contributed by atoms with Crippen molar-refractivity contribution in [2.24, 2.45) is 0 Å². The molecule has 1 rings (SSSR count). The predicted molar refractivity (Wildman–Crippen MR) is 72.4 cm³/mol. The fourth-order valence-electron chi connectivity index (χ4n) is 1.61. The molecule has 0 spiro atoms. The Bertz CT molecular complexity index is 406. The normalized spacial score (nSPS) is 11.7. The molecule has 1 amide bonds. The van der Waals surface area contributed by atoms with Crippen molar-refractivity contribution in [3.63, 3.8) is 0 Å². The summed E-state index contributed by atoms with van der Waals surface area (Å²) in [5, 5.41) is 5.65. The van der Waals surface area contributed by atoms with Gasteiger partial charge >= 0.3 is 5.97 Å². The summed E-state index contributed by atoms with van der Waals surface area (Å²) < 4.78 is 4.63. The van der Waals surface area contributed by atoms with Crippen molar-refractivity contribution in [2.45, 2.75) is 25.9 Å². The predicted octanol–water partition coefficient (Wildman–Crippen LogP) is 0.844. The molecule has 1 unspecified atom stereocenters. The van der Waals surface area contributed by atoms with E-state index < -0.39 is 6.04 Å². The third kappa shape index (κ3) is 5.52. The quantitative estimate of drug-likeness (QED) is 0.716. The highest BCUT2D eigenvalue weighted by Gasteiger charge is 2.16. The average Bonchev–Trinajstić information content (AvgIpc) is 2.46. The van der Waals surface area contributed by atoms with Gasteiger partial charge in [-0.15, -0.1) is 0 Å². The molecule has 0 heterocycles. The first kappa shape index (κ1) is 15.2. The SMILES string of the molecule is CCC(NCC(=O)NCc1ccccc1)C(=O)OC. The first-order valence-electron chi connectivity index (χ1n) is 6.29. The number of carbonyl (C=O) groups excluding carboxylic acids is 2. The molecule has 0 aliphatic rings. The van der Waals surface area contributed by atoms with Crippen LogP contribution in [0.4, 0.5) is 0 Å². The Morgan fingerprint density at radius 3 is 2.53 bits per heavy atom. The Balaban J connectivity index is 2.29. The van der Waals surface area contributed by atoms with E-state index in [1.54, 1.807) is 0 Å². The molecule has 2 N–H and O–H groups in total. The molecular formula is C14H20N2O3. The fraction of sp³-hybridized carbons (Fsp3) is 0.429. The van der Waals surface area contributed by atoms with Gasteiger partial charge in [0.25, 0.3) is 0 Å². The van der Waals surface area contributed by atoms with Gasteiger partial charge in [0.15, 0.2) is 0 Å². The number of hydrogen-bond donors (Lipinski definition) is 2. The lowest BCUT2D eigenvalue weighted by atomic mass is 10.2. The Morgan fingerprint density at radius 1 is 1.26 bits per heavy atom. The number of hydrogen-bond acceptors (Lipinski definition) is 4. The van der Waals surface area contributed by atoms with Crippen molar-refractivity contribution in [2.75, 3.05) is 13.7 Å². The summed E-state index contributed by atoms with van der Waals surface area (Å²) in [5.41, 5.74) is 1.04. The number of benzene rings is 1. The second kappa shape index (κ2) is 8.26. The maximum absolute atomic E-state index is 11.6. The van der Waals surface area contributed by atoms with E-state index in [4.69, 9.17) is 0 Å². The lowest BCUT2D eigenvalue weighted by molar-refractivity contribution is -0.143. The van der Waals surface area contributed by atoms with E-state index in [-0.39, 0.29) is 18.4 Å². The van der Waals surface area contributed by atoms with Crippen molar-refractivity contribution >= 4 is 11.9 Å². The van der Waals surface area contributed by atoms with E-state index in [1.165, 1.54) is 7.11 Å². The standard InChI is InChI=1S/C14H20N2O3/c1-3-12(14(18)19-2)15-10-13(17)16-9-11-7-5-4-6-8-11/h4-8,12,15H,3,9-10H2,1-2H3,(H,16,17). The van der Waals surface area contributed by atoms with Crippen LogP contribution in [0.15, 0.2) is 30.3 Å². The van der Waals surface area contributed by atoms with E-state index in [0.717, 1.165) is 5.56 Å². The Morgan fingerprint density at radius 2 is 1.95 bits per heavy atom. The molecule has 0 aromatic heterocycles. The Hall–Kier alpha value is -1.88. The Kier molecular flexibility index (Phi) is 6.60. The van der Waals surface area contributed by atoms with Gasteiger partial charge in [-0.05, 0) is 12.0 Å². The van der Waals surface area contributed by atoms with Gasteiger partial charge in [0.05, 0.1) is 13.7 Å². The molecule has 0 aliphatic heterocycles. The molecular weight excluding hydrogens is 244 g/mol. The monoisotopic (exact) mass is 264 g/mol.